The summed E-state index contributed by atoms with van der Waals surface area (Å²) in [4.78, 5) is 0. The number of halogens is 17. The third-order valence-electron chi connectivity index (χ3n) is 6.63. The van der Waals surface area contributed by atoms with Crippen molar-refractivity contribution in [2.75, 3.05) is 118 Å². The SMILES string of the molecule is COCCOCCOCCOCCOCCOCCOCCOCC(O)CSCCC(F)(F)C(F)(F)C(F)(F)C(F)(F)C(F)(F)C(F)(F)C(F)(F)C(F)(F)F. The molecular formula is C28H41F17O9S. The Bertz CT molecular complexity index is 1030. The van der Waals surface area contributed by atoms with Crippen molar-refractivity contribution in [2.24, 2.45) is 0 Å². The smallest absolute Gasteiger partial charge is 0.390 e. The zero-order valence-electron chi connectivity index (χ0n) is 28.9. The van der Waals surface area contributed by atoms with Crippen molar-refractivity contribution in [1.29, 1.82) is 0 Å². The lowest BCUT2D eigenvalue weighted by Crippen LogP contribution is -2.74. The number of hydrogen-bond acceptors (Lipinski definition) is 10. The minimum atomic E-state index is -8.66. The Labute approximate surface area is 307 Å². The Hall–Kier alpha value is -1.20. The minimum absolute atomic E-state index is 0.0411. The Morgan fingerprint density at radius 2 is 0.709 bits per heavy atom. The van der Waals surface area contributed by atoms with Crippen LogP contribution in [0.25, 0.3) is 0 Å². The van der Waals surface area contributed by atoms with Gasteiger partial charge in [-0.3, -0.25) is 0 Å². The molecule has 0 aliphatic rings. The number of methoxy groups -OCH3 is 1. The molecule has 0 aromatic carbocycles. The van der Waals surface area contributed by atoms with Crippen molar-refractivity contribution < 1.29 is 118 Å². The summed E-state index contributed by atoms with van der Waals surface area (Å²) < 4.78 is 268. The van der Waals surface area contributed by atoms with Crippen LogP contribution in [0.5, 0.6) is 0 Å². The van der Waals surface area contributed by atoms with Crippen molar-refractivity contribution in [3.63, 3.8) is 0 Å². The molecule has 0 rings (SSSR count). The largest absolute Gasteiger partial charge is 0.460 e. The van der Waals surface area contributed by atoms with Crippen LogP contribution >= 0.6 is 11.8 Å². The summed E-state index contributed by atoms with van der Waals surface area (Å²) in [5.41, 5.74) is 0. The van der Waals surface area contributed by atoms with Crippen LogP contribution in [0.3, 0.4) is 0 Å². The fourth-order valence-electron chi connectivity index (χ4n) is 3.50. The highest BCUT2D eigenvalue weighted by Crippen LogP contribution is 2.64. The number of rotatable bonds is 34. The Balaban J connectivity index is 4.31. The summed E-state index contributed by atoms with van der Waals surface area (Å²) in [6.07, 6.45) is -11.9. The second kappa shape index (κ2) is 24.0. The van der Waals surface area contributed by atoms with E-state index in [1.54, 1.807) is 7.11 Å². The molecule has 0 heterocycles. The van der Waals surface area contributed by atoms with E-state index in [1.165, 1.54) is 0 Å². The van der Waals surface area contributed by atoms with Crippen LogP contribution in [0.15, 0.2) is 0 Å². The van der Waals surface area contributed by atoms with Gasteiger partial charge >= 0.3 is 47.6 Å². The van der Waals surface area contributed by atoms with Crippen molar-refractivity contribution >= 4 is 11.8 Å². The van der Waals surface area contributed by atoms with Gasteiger partial charge in [-0.05, 0) is 5.75 Å². The maximum atomic E-state index is 14.0. The number of ether oxygens (including phenoxy) is 8. The van der Waals surface area contributed by atoms with Crippen molar-refractivity contribution in [3.05, 3.63) is 0 Å². The zero-order chi connectivity index (χ0) is 42.7. The number of hydrogen-bond donors (Lipinski definition) is 1. The van der Waals surface area contributed by atoms with E-state index >= 15 is 0 Å². The molecule has 0 radical (unpaired) electrons. The molecule has 55 heavy (non-hydrogen) atoms. The van der Waals surface area contributed by atoms with Gasteiger partial charge in [0, 0.05) is 19.3 Å². The molecular weight excluding hydrogens is 835 g/mol. The summed E-state index contributed by atoms with van der Waals surface area (Å²) in [6.45, 7) is 3.27. The monoisotopic (exact) mass is 876 g/mol. The van der Waals surface area contributed by atoms with E-state index in [0.717, 1.165) is 0 Å². The lowest BCUT2D eigenvalue weighted by molar-refractivity contribution is -0.461. The first-order valence-corrected chi connectivity index (χ1v) is 16.9. The predicted octanol–water partition coefficient (Wildman–Crippen LogP) is 6.24. The molecule has 0 aromatic rings. The average Bonchev–Trinajstić information content (AvgIpc) is 3.07. The van der Waals surface area contributed by atoms with Gasteiger partial charge in [0.2, 0.25) is 0 Å². The predicted molar refractivity (Wildman–Crippen MR) is 156 cm³/mol. The molecule has 9 nitrogen and oxygen atoms in total. The molecule has 0 saturated heterocycles. The van der Waals surface area contributed by atoms with Gasteiger partial charge in [0.1, 0.15) is 0 Å². The van der Waals surface area contributed by atoms with Crippen LogP contribution in [0.1, 0.15) is 6.42 Å². The number of thioether (sulfide) groups is 1. The fraction of sp³-hybridized carbons (Fsp3) is 1.00. The number of aliphatic hydroxyl groups is 1. The highest BCUT2D eigenvalue weighted by molar-refractivity contribution is 7.99. The molecule has 1 N–H and O–H groups in total. The van der Waals surface area contributed by atoms with E-state index in [-0.39, 0.29) is 51.4 Å². The molecule has 27 heteroatoms. The van der Waals surface area contributed by atoms with Crippen LogP contribution in [0.2, 0.25) is 0 Å². The highest BCUT2D eigenvalue weighted by atomic mass is 32.2. The Kier molecular flexibility index (Phi) is 23.5. The minimum Gasteiger partial charge on any atom is -0.390 e. The van der Waals surface area contributed by atoms with Gasteiger partial charge in [-0.2, -0.15) is 86.4 Å². The molecule has 0 aromatic heterocycles. The molecule has 0 amide bonds. The maximum Gasteiger partial charge on any atom is 0.460 e. The van der Waals surface area contributed by atoms with Gasteiger partial charge in [0.25, 0.3) is 0 Å². The molecule has 0 saturated carbocycles. The molecule has 0 bridgehead atoms. The lowest BCUT2D eigenvalue weighted by Gasteiger charge is -2.42. The summed E-state index contributed by atoms with van der Waals surface area (Å²) >= 11 is 0.0859. The third-order valence-corrected chi connectivity index (χ3v) is 7.75. The Morgan fingerprint density at radius 3 is 1.04 bits per heavy atom. The molecule has 1 unspecified atom stereocenters. The number of aliphatic hydroxyl groups excluding tert-OH is 1. The van der Waals surface area contributed by atoms with Crippen molar-refractivity contribution in [1.82, 2.24) is 0 Å². The zero-order valence-corrected chi connectivity index (χ0v) is 29.7. The van der Waals surface area contributed by atoms with Crippen molar-refractivity contribution in [2.45, 2.75) is 60.2 Å². The molecule has 0 aliphatic carbocycles. The van der Waals surface area contributed by atoms with Gasteiger partial charge in [-0.25, -0.2) is 0 Å². The third kappa shape index (κ3) is 15.5. The van der Waals surface area contributed by atoms with Gasteiger partial charge in [-0.15, -0.1) is 0 Å². The Morgan fingerprint density at radius 1 is 0.418 bits per heavy atom. The molecule has 0 fully saturated rings. The van der Waals surface area contributed by atoms with Gasteiger partial charge < -0.3 is 43.0 Å². The van der Waals surface area contributed by atoms with Crippen LogP contribution in [-0.4, -0.2) is 177 Å². The fourth-order valence-corrected chi connectivity index (χ4v) is 4.44. The second-order valence-electron chi connectivity index (χ2n) is 10.9. The summed E-state index contributed by atoms with van der Waals surface area (Å²) in [7, 11) is 1.57. The van der Waals surface area contributed by atoms with Gasteiger partial charge in [-0.1, -0.05) is 0 Å². The molecule has 332 valence electrons. The van der Waals surface area contributed by atoms with Crippen LogP contribution in [0, 0.1) is 0 Å². The first-order valence-electron chi connectivity index (χ1n) is 15.7. The quantitative estimate of drug-likeness (QED) is 0.0592. The van der Waals surface area contributed by atoms with E-state index in [1.807, 2.05) is 0 Å². The summed E-state index contributed by atoms with van der Waals surface area (Å²) in [5, 5.41) is 9.74. The van der Waals surface area contributed by atoms with Crippen LogP contribution in [0.4, 0.5) is 74.6 Å². The summed E-state index contributed by atoms with van der Waals surface area (Å²) in [6, 6.07) is 0. The maximum absolute atomic E-state index is 14.0. The molecule has 0 spiro atoms. The first-order chi connectivity index (χ1) is 25.2. The average molecular weight is 877 g/mol. The van der Waals surface area contributed by atoms with Gasteiger partial charge in [0.05, 0.1) is 105 Å². The number of alkyl halides is 17. The van der Waals surface area contributed by atoms with E-state index in [2.05, 4.69) is 0 Å². The standard InChI is InChI=1S/C28H41F17O9S/c1-47-3-4-48-5-6-49-7-8-50-9-10-51-11-12-52-13-14-53-15-16-54-18-20(46)19-55-17-2-21(29,30)22(31,32)23(33,34)24(35,36)25(37,38)26(39,40)27(41,42)28(43,44)45/h20,46H,2-19H2,1H3. The van der Waals surface area contributed by atoms with Crippen molar-refractivity contribution in [3.8, 4) is 0 Å². The topological polar surface area (TPSA) is 94.1 Å². The van der Waals surface area contributed by atoms with E-state index in [9.17, 15) is 79.7 Å². The normalized spacial score (nSPS) is 14.9. The second-order valence-corrected chi connectivity index (χ2v) is 12.0. The molecule has 0 aliphatic heterocycles. The van der Waals surface area contributed by atoms with Crippen LogP contribution in [-0.2, 0) is 37.9 Å². The first kappa shape index (κ1) is 53.8. The van der Waals surface area contributed by atoms with E-state index in [0.29, 0.717) is 52.9 Å². The van der Waals surface area contributed by atoms with E-state index in [4.69, 9.17) is 37.9 Å². The molecule has 1 atom stereocenters. The highest BCUT2D eigenvalue weighted by Gasteiger charge is 2.95. The van der Waals surface area contributed by atoms with Crippen LogP contribution < -0.4 is 0 Å². The van der Waals surface area contributed by atoms with Gasteiger partial charge in [0.15, 0.2) is 0 Å². The van der Waals surface area contributed by atoms with E-state index < -0.39 is 78.3 Å². The lowest BCUT2D eigenvalue weighted by atomic mass is 9.88. The summed E-state index contributed by atoms with van der Waals surface area (Å²) in [5.74, 6) is -58.6.